The second kappa shape index (κ2) is 14.3. The van der Waals surface area contributed by atoms with Gasteiger partial charge in [-0.1, -0.05) is 35.9 Å². The Morgan fingerprint density at radius 1 is 1.06 bits per heavy atom. The third kappa shape index (κ3) is 10.8. The van der Waals surface area contributed by atoms with Crippen LogP contribution in [0.2, 0.25) is 5.02 Å². The summed E-state index contributed by atoms with van der Waals surface area (Å²) >= 11 is 5.99. The molecule has 3 rings (SSSR count). The molecule has 1 aliphatic carbocycles. The van der Waals surface area contributed by atoms with E-state index in [1.54, 1.807) is 18.2 Å². The first-order chi connectivity index (χ1) is 16.6. The van der Waals surface area contributed by atoms with Crippen LogP contribution in [0.3, 0.4) is 0 Å². The summed E-state index contributed by atoms with van der Waals surface area (Å²) in [5.41, 5.74) is 1.85. The highest BCUT2D eigenvalue weighted by molar-refractivity contribution is 6.30. The van der Waals surface area contributed by atoms with Crippen LogP contribution in [-0.4, -0.2) is 68.7 Å². The molecule has 2 aromatic rings. The number of esters is 1. The van der Waals surface area contributed by atoms with Crippen LogP contribution in [0.15, 0.2) is 54.6 Å². The average molecular weight is 509 g/mol. The molecule has 0 aliphatic heterocycles. The molecule has 1 aliphatic rings. The Bertz CT molecular complexity index is 973. The molecular formula is C25H29ClO9. The molecule has 10 heteroatoms. The molecule has 1 fully saturated rings. The highest BCUT2D eigenvalue weighted by atomic mass is 35.5. The maximum absolute atomic E-state index is 12.2. The molecule has 0 amide bonds. The van der Waals surface area contributed by atoms with Gasteiger partial charge in [-0.05, 0) is 54.3 Å². The van der Waals surface area contributed by atoms with Crippen LogP contribution < -0.4 is 0 Å². The predicted molar refractivity (Wildman–Crippen MR) is 128 cm³/mol. The maximum Gasteiger partial charge on any atom is 0.503 e. The number of hydrogen-bond donors (Lipinski definition) is 5. The van der Waals surface area contributed by atoms with Gasteiger partial charge >= 0.3 is 12.1 Å². The lowest BCUT2D eigenvalue weighted by Gasteiger charge is -2.36. The Labute approximate surface area is 207 Å². The van der Waals surface area contributed by atoms with E-state index in [9.17, 15) is 20.1 Å². The van der Waals surface area contributed by atoms with Crippen molar-refractivity contribution in [3.63, 3.8) is 0 Å². The summed E-state index contributed by atoms with van der Waals surface area (Å²) in [5.74, 6) is -0.483. The van der Waals surface area contributed by atoms with Crippen molar-refractivity contribution in [2.45, 2.75) is 50.1 Å². The smallest absolute Gasteiger partial charge is 0.503 e. The number of aromatic hydroxyl groups is 1. The summed E-state index contributed by atoms with van der Waals surface area (Å²) in [6.45, 7) is 0.488. The predicted octanol–water partition coefficient (Wildman–Crippen LogP) is 3.73. The summed E-state index contributed by atoms with van der Waals surface area (Å²) < 4.78 is 11.2. The number of aliphatic hydroxyl groups excluding tert-OH is 2. The van der Waals surface area contributed by atoms with Crippen LogP contribution in [0.1, 0.15) is 30.4 Å². The van der Waals surface area contributed by atoms with Gasteiger partial charge in [-0.2, -0.15) is 0 Å². The Kier molecular flexibility index (Phi) is 11.5. The Morgan fingerprint density at radius 3 is 2.40 bits per heavy atom. The van der Waals surface area contributed by atoms with E-state index in [0.717, 1.165) is 24.0 Å². The molecule has 0 radical (unpaired) electrons. The SMILES string of the molecule is O=C(/C=C/c1ccc(O)cc1)O[C@@H]1C[C@@H](OCCCc2cccc(Cl)c2)C[C@H](O)[C@H]1O.O=C(O)O. The van der Waals surface area contributed by atoms with E-state index >= 15 is 0 Å². The number of halogens is 1. The molecule has 9 nitrogen and oxygen atoms in total. The third-order valence-corrected chi connectivity index (χ3v) is 5.43. The van der Waals surface area contributed by atoms with Gasteiger partial charge in [0.2, 0.25) is 0 Å². The number of hydrogen-bond acceptors (Lipinski definition) is 7. The minimum absolute atomic E-state index is 0.137. The Morgan fingerprint density at radius 2 is 1.74 bits per heavy atom. The van der Waals surface area contributed by atoms with Gasteiger partial charge in [-0.3, -0.25) is 0 Å². The number of aliphatic hydroxyl groups is 2. The molecular weight excluding hydrogens is 480 g/mol. The van der Waals surface area contributed by atoms with E-state index in [-0.39, 0.29) is 18.3 Å². The number of aryl methyl sites for hydroxylation is 1. The lowest BCUT2D eigenvalue weighted by Crippen LogP contribution is -2.48. The number of ether oxygens (including phenoxy) is 2. The fraction of sp³-hybridized carbons (Fsp3) is 0.360. The van der Waals surface area contributed by atoms with Crippen LogP contribution in [0.4, 0.5) is 4.79 Å². The summed E-state index contributed by atoms with van der Waals surface area (Å²) in [6.07, 6.45) is -0.158. The van der Waals surface area contributed by atoms with Crippen molar-refractivity contribution >= 4 is 29.8 Å². The van der Waals surface area contributed by atoms with Crippen LogP contribution in [0.25, 0.3) is 6.08 Å². The first-order valence-corrected chi connectivity index (χ1v) is 11.3. The van der Waals surface area contributed by atoms with Gasteiger partial charge in [0.15, 0.2) is 0 Å². The Hall–Kier alpha value is -3.11. The fourth-order valence-corrected chi connectivity index (χ4v) is 3.78. The first kappa shape index (κ1) is 28.1. The second-order valence-corrected chi connectivity index (χ2v) is 8.37. The molecule has 0 unspecified atom stereocenters. The number of carbonyl (C=O) groups excluding carboxylic acids is 1. The van der Waals surface area contributed by atoms with Crippen LogP contribution in [0, 0.1) is 0 Å². The van der Waals surface area contributed by atoms with Gasteiger partial charge in [0.05, 0.1) is 12.2 Å². The van der Waals surface area contributed by atoms with Crippen LogP contribution in [-0.2, 0) is 20.7 Å². The molecule has 4 atom stereocenters. The topological polar surface area (TPSA) is 154 Å². The quantitative estimate of drug-likeness (QED) is 0.204. The zero-order valence-electron chi connectivity index (χ0n) is 18.9. The summed E-state index contributed by atoms with van der Waals surface area (Å²) in [6, 6.07) is 14.0. The second-order valence-electron chi connectivity index (χ2n) is 7.94. The third-order valence-electron chi connectivity index (χ3n) is 5.20. The van der Waals surface area contributed by atoms with E-state index < -0.39 is 30.4 Å². The first-order valence-electron chi connectivity index (χ1n) is 11.0. The molecule has 190 valence electrons. The number of carbonyl (C=O) groups is 2. The number of rotatable bonds is 8. The van der Waals surface area contributed by atoms with Crippen molar-refractivity contribution in [3.8, 4) is 5.75 Å². The summed E-state index contributed by atoms with van der Waals surface area (Å²) in [4.78, 5) is 20.7. The van der Waals surface area contributed by atoms with Gasteiger partial charge in [-0.15, -0.1) is 0 Å². The van der Waals surface area contributed by atoms with Gasteiger partial charge in [0.1, 0.15) is 18.0 Å². The van der Waals surface area contributed by atoms with E-state index in [0.29, 0.717) is 18.1 Å². The van der Waals surface area contributed by atoms with E-state index in [4.69, 9.17) is 36.1 Å². The minimum Gasteiger partial charge on any atom is -0.508 e. The normalized spacial score (nSPS) is 21.7. The molecule has 5 N–H and O–H groups in total. The number of carboxylic acid groups (broad SMARTS) is 2. The van der Waals surface area contributed by atoms with E-state index in [2.05, 4.69) is 0 Å². The molecule has 35 heavy (non-hydrogen) atoms. The number of phenolic OH excluding ortho intramolecular Hbond substituents is 1. The fourth-order valence-electron chi connectivity index (χ4n) is 3.56. The monoisotopic (exact) mass is 508 g/mol. The van der Waals surface area contributed by atoms with E-state index in [1.807, 2.05) is 24.3 Å². The summed E-state index contributed by atoms with van der Waals surface area (Å²) in [5, 5.41) is 44.3. The lowest BCUT2D eigenvalue weighted by molar-refractivity contribution is -0.170. The minimum atomic E-state index is -1.83. The summed E-state index contributed by atoms with van der Waals surface area (Å²) in [7, 11) is 0. The van der Waals surface area contributed by atoms with Crippen molar-refractivity contribution in [2.75, 3.05) is 6.61 Å². The van der Waals surface area contributed by atoms with Gasteiger partial charge in [0.25, 0.3) is 0 Å². The lowest BCUT2D eigenvalue weighted by atomic mass is 9.89. The largest absolute Gasteiger partial charge is 0.508 e. The van der Waals surface area contributed by atoms with Crippen LogP contribution >= 0.6 is 11.6 Å². The van der Waals surface area contributed by atoms with Crippen molar-refractivity contribution in [3.05, 3.63) is 70.8 Å². The molecule has 2 aromatic carbocycles. The van der Waals surface area contributed by atoms with Gasteiger partial charge in [-0.25, -0.2) is 9.59 Å². The maximum atomic E-state index is 12.2. The number of benzene rings is 2. The van der Waals surface area contributed by atoms with Crippen molar-refractivity contribution in [1.29, 1.82) is 0 Å². The van der Waals surface area contributed by atoms with Gasteiger partial charge < -0.3 is 35.0 Å². The highest BCUT2D eigenvalue weighted by Gasteiger charge is 2.38. The van der Waals surface area contributed by atoms with Crippen molar-refractivity contribution in [2.24, 2.45) is 0 Å². The highest BCUT2D eigenvalue weighted by Crippen LogP contribution is 2.25. The molecule has 0 aromatic heterocycles. The zero-order valence-corrected chi connectivity index (χ0v) is 19.6. The molecule has 0 bridgehead atoms. The van der Waals surface area contributed by atoms with Crippen molar-refractivity contribution in [1.82, 2.24) is 0 Å². The molecule has 1 saturated carbocycles. The van der Waals surface area contributed by atoms with Gasteiger partial charge in [0, 0.05) is 30.5 Å². The average Bonchev–Trinajstić information content (AvgIpc) is 2.79. The number of phenols is 1. The molecule has 0 spiro atoms. The molecule has 0 heterocycles. The Balaban J connectivity index is 0.00000100. The van der Waals surface area contributed by atoms with E-state index in [1.165, 1.54) is 18.2 Å². The van der Waals surface area contributed by atoms with Crippen molar-refractivity contribution < 1.29 is 44.6 Å². The standard InChI is InChI=1S/C24H27ClO6.CH2O3/c25-18-5-1-3-17(13-18)4-2-12-30-20-14-21(27)24(29)22(15-20)31-23(28)11-8-16-6-9-19(26)10-7-16;2-1(3)4/h1,3,5-11,13,20-22,24,26-27,29H,2,4,12,14-15H2;(H2,2,3,4)/b11-8+;/t20-,21-,22+,24+;/m0./s1. The van der Waals surface area contributed by atoms with Crippen LogP contribution in [0.5, 0.6) is 5.75 Å². The zero-order chi connectivity index (χ0) is 25.8. The molecule has 0 saturated heterocycles.